The Balaban J connectivity index is 1.87. The molecule has 1 heterocycles. The van der Waals surface area contributed by atoms with Crippen LogP contribution in [0.1, 0.15) is 24.1 Å². The molecule has 2 nitrogen and oxygen atoms in total. The molecule has 112 valence electrons. The van der Waals surface area contributed by atoms with Gasteiger partial charge in [0.15, 0.2) is 5.75 Å². The Labute approximate surface area is 136 Å². The predicted molar refractivity (Wildman–Crippen MR) is 88.7 cm³/mol. The number of hydrogen-bond acceptors (Lipinski definition) is 1. The lowest BCUT2D eigenvalue weighted by molar-refractivity contribution is 0.217. The minimum atomic E-state index is -0.254. The van der Waals surface area contributed by atoms with Gasteiger partial charge in [0.2, 0.25) is 0 Å². The molecule has 0 amide bonds. The van der Waals surface area contributed by atoms with Crippen LogP contribution in [0.25, 0.3) is 10.9 Å². The van der Waals surface area contributed by atoms with E-state index in [1.165, 1.54) is 41.6 Å². The van der Waals surface area contributed by atoms with E-state index in [1.807, 2.05) is 10.8 Å². The van der Waals surface area contributed by atoms with Gasteiger partial charge in [-0.2, -0.15) is 4.73 Å². The van der Waals surface area contributed by atoms with Gasteiger partial charge in [0.05, 0.1) is 11.2 Å². The Hall–Kier alpha value is -1.81. The normalized spacial score (nSPS) is 14.1. The third-order valence-corrected chi connectivity index (χ3v) is 4.69. The first kappa shape index (κ1) is 13.8. The molecule has 0 bridgehead atoms. The van der Waals surface area contributed by atoms with Crippen LogP contribution < -0.4 is 4.84 Å². The minimum Gasteiger partial charge on any atom is -0.375 e. The monoisotopic (exact) mass is 359 g/mol. The van der Waals surface area contributed by atoms with E-state index >= 15 is 0 Å². The number of rotatable bonds is 2. The van der Waals surface area contributed by atoms with E-state index in [0.717, 1.165) is 22.8 Å². The van der Waals surface area contributed by atoms with Crippen molar-refractivity contribution in [2.24, 2.45) is 0 Å². The van der Waals surface area contributed by atoms with Crippen LogP contribution in [-0.4, -0.2) is 4.73 Å². The summed E-state index contributed by atoms with van der Waals surface area (Å²) in [6, 6.07) is 12.4. The molecular weight excluding hydrogens is 345 g/mol. The summed E-state index contributed by atoms with van der Waals surface area (Å²) in [5, 5.41) is 1.24. The fourth-order valence-electron chi connectivity index (χ4n) is 3.18. The highest BCUT2D eigenvalue weighted by molar-refractivity contribution is 9.10. The SMILES string of the molecule is Fc1ccc(On2c3c(c4cc(Br)ccc42)CCCC3)cc1. The second kappa shape index (κ2) is 5.43. The van der Waals surface area contributed by atoms with Crippen molar-refractivity contribution < 1.29 is 9.23 Å². The molecule has 2 aromatic carbocycles. The van der Waals surface area contributed by atoms with Gasteiger partial charge in [-0.1, -0.05) is 15.9 Å². The molecule has 0 radical (unpaired) electrons. The van der Waals surface area contributed by atoms with Gasteiger partial charge < -0.3 is 4.84 Å². The summed E-state index contributed by atoms with van der Waals surface area (Å²) in [7, 11) is 0. The lowest BCUT2D eigenvalue weighted by atomic mass is 9.96. The van der Waals surface area contributed by atoms with Crippen molar-refractivity contribution in [3.05, 3.63) is 64.0 Å². The van der Waals surface area contributed by atoms with E-state index in [0.29, 0.717) is 5.75 Å². The highest BCUT2D eigenvalue weighted by Crippen LogP contribution is 2.34. The highest BCUT2D eigenvalue weighted by atomic mass is 79.9. The van der Waals surface area contributed by atoms with Crippen molar-refractivity contribution in [3.8, 4) is 5.75 Å². The fourth-order valence-corrected chi connectivity index (χ4v) is 3.54. The average Bonchev–Trinajstić information content (AvgIpc) is 2.83. The largest absolute Gasteiger partial charge is 0.375 e. The predicted octanol–water partition coefficient (Wildman–Crippen LogP) is 5.26. The molecule has 0 saturated heterocycles. The smallest absolute Gasteiger partial charge is 0.156 e. The molecule has 1 aliphatic rings. The van der Waals surface area contributed by atoms with E-state index in [2.05, 4.69) is 28.1 Å². The summed E-state index contributed by atoms with van der Waals surface area (Å²) >= 11 is 3.55. The van der Waals surface area contributed by atoms with Crippen molar-refractivity contribution in [1.82, 2.24) is 4.73 Å². The van der Waals surface area contributed by atoms with Crippen LogP contribution in [0.3, 0.4) is 0 Å². The summed E-state index contributed by atoms with van der Waals surface area (Å²) < 4.78 is 16.1. The highest BCUT2D eigenvalue weighted by Gasteiger charge is 2.21. The van der Waals surface area contributed by atoms with E-state index in [-0.39, 0.29) is 5.82 Å². The van der Waals surface area contributed by atoms with Gasteiger partial charge in [-0.05, 0) is 73.7 Å². The molecule has 3 aromatic rings. The summed E-state index contributed by atoms with van der Waals surface area (Å²) in [6.45, 7) is 0. The van der Waals surface area contributed by atoms with E-state index in [9.17, 15) is 4.39 Å². The van der Waals surface area contributed by atoms with Crippen LogP contribution in [0.4, 0.5) is 4.39 Å². The van der Waals surface area contributed by atoms with Crippen molar-refractivity contribution in [1.29, 1.82) is 0 Å². The Morgan fingerprint density at radius 1 is 1.00 bits per heavy atom. The quantitative estimate of drug-likeness (QED) is 0.608. The Morgan fingerprint density at radius 3 is 2.59 bits per heavy atom. The van der Waals surface area contributed by atoms with Crippen molar-refractivity contribution in [2.45, 2.75) is 25.7 Å². The molecule has 0 N–H and O–H groups in total. The second-order valence-electron chi connectivity index (χ2n) is 5.63. The number of benzene rings is 2. The lowest BCUT2D eigenvalue weighted by Gasteiger charge is -2.16. The number of hydrogen-bond donors (Lipinski definition) is 0. The lowest BCUT2D eigenvalue weighted by Crippen LogP contribution is -2.12. The zero-order chi connectivity index (χ0) is 15.1. The zero-order valence-corrected chi connectivity index (χ0v) is 13.6. The van der Waals surface area contributed by atoms with Crippen molar-refractivity contribution in [2.75, 3.05) is 0 Å². The molecular formula is C18H15BrFNO. The van der Waals surface area contributed by atoms with Gasteiger partial charge in [0.25, 0.3) is 0 Å². The molecule has 4 heteroatoms. The topological polar surface area (TPSA) is 14.2 Å². The van der Waals surface area contributed by atoms with Gasteiger partial charge in [-0.15, -0.1) is 0 Å². The number of halogens is 2. The number of fused-ring (bicyclic) bond motifs is 3. The van der Waals surface area contributed by atoms with Crippen molar-refractivity contribution in [3.63, 3.8) is 0 Å². The molecule has 0 atom stereocenters. The molecule has 0 fully saturated rings. The number of aryl methyl sites for hydroxylation is 1. The average molecular weight is 360 g/mol. The summed E-state index contributed by atoms with van der Waals surface area (Å²) in [4.78, 5) is 6.06. The van der Waals surface area contributed by atoms with Crippen LogP contribution in [0, 0.1) is 5.82 Å². The van der Waals surface area contributed by atoms with Crippen LogP contribution in [0.15, 0.2) is 46.9 Å². The van der Waals surface area contributed by atoms with Crippen LogP contribution >= 0.6 is 15.9 Å². The first-order valence-corrected chi connectivity index (χ1v) is 8.27. The number of aromatic nitrogens is 1. The third-order valence-electron chi connectivity index (χ3n) is 4.20. The van der Waals surface area contributed by atoms with Gasteiger partial charge in [0.1, 0.15) is 5.82 Å². The summed E-state index contributed by atoms with van der Waals surface area (Å²) in [5.74, 6) is 0.394. The first-order chi connectivity index (χ1) is 10.7. The minimum absolute atomic E-state index is 0.254. The molecule has 1 aliphatic carbocycles. The third kappa shape index (κ3) is 2.31. The molecule has 4 rings (SSSR count). The molecule has 0 spiro atoms. The number of nitrogens with zero attached hydrogens (tertiary/aromatic N) is 1. The van der Waals surface area contributed by atoms with Gasteiger partial charge in [0, 0.05) is 9.86 Å². The molecule has 0 unspecified atom stereocenters. The maximum absolute atomic E-state index is 13.1. The fraction of sp³-hybridized carbons (Fsp3) is 0.222. The Kier molecular flexibility index (Phi) is 3.41. The Morgan fingerprint density at radius 2 is 1.77 bits per heavy atom. The van der Waals surface area contributed by atoms with E-state index in [1.54, 1.807) is 12.1 Å². The molecule has 0 saturated carbocycles. The second-order valence-corrected chi connectivity index (χ2v) is 6.55. The van der Waals surface area contributed by atoms with Gasteiger partial charge in [-0.25, -0.2) is 4.39 Å². The van der Waals surface area contributed by atoms with Crippen LogP contribution in [0.2, 0.25) is 0 Å². The molecule has 22 heavy (non-hydrogen) atoms. The van der Waals surface area contributed by atoms with E-state index in [4.69, 9.17) is 4.84 Å². The van der Waals surface area contributed by atoms with Crippen LogP contribution in [0.5, 0.6) is 5.75 Å². The summed E-state index contributed by atoms with van der Waals surface area (Å²) in [6.07, 6.45) is 4.50. The van der Waals surface area contributed by atoms with E-state index < -0.39 is 0 Å². The molecule has 1 aromatic heterocycles. The first-order valence-electron chi connectivity index (χ1n) is 7.48. The van der Waals surface area contributed by atoms with Crippen molar-refractivity contribution >= 4 is 26.8 Å². The Bertz CT molecular complexity index is 838. The zero-order valence-electron chi connectivity index (χ0n) is 12.0. The maximum atomic E-state index is 13.1. The van der Waals surface area contributed by atoms with Crippen LogP contribution in [-0.2, 0) is 12.8 Å². The van der Waals surface area contributed by atoms with Gasteiger partial charge >= 0.3 is 0 Å². The molecule has 0 aliphatic heterocycles. The maximum Gasteiger partial charge on any atom is 0.156 e. The van der Waals surface area contributed by atoms with Gasteiger partial charge in [-0.3, -0.25) is 0 Å². The standard InChI is InChI=1S/C18H15BrFNO/c19-12-5-10-18-16(11-12)15-3-1-2-4-17(15)21(18)22-14-8-6-13(20)7-9-14/h5-11H,1-4H2. The summed E-state index contributed by atoms with van der Waals surface area (Å²) in [5.41, 5.74) is 3.69.